The molecule has 1 aliphatic rings. The van der Waals surface area contributed by atoms with Crippen molar-refractivity contribution in [1.82, 2.24) is 9.80 Å². The van der Waals surface area contributed by atoms with Crippen molar-refractivity contribution in [2.75, 3.05) is 26.2 Å². The van der Waals surface area contributed by atoms with Gasteiger partial charge in [-0.25, -0.2) is 0 Å². The molecule has 2 rings (SSSR count). The third kappa shape index (κ3) is 4.16. The smallest absolute Gasteiger partial charge is 0.227 e. The number of piperazine rings is 1. The van der Waals surface area contributed by atoms with Gasteiger partial charge in [0, 0.05) is 33.1 Å². The van der Waals surface area contributed by atoms with Crippen LogP contribution in [0.4, 0.5) is 0 Å². The fraction of sp³-hybridized carbons (Fsp3) is 0.600. The van der Waals surface area contributed by atoms with Crippen molar-refractivity contribution in [2.45, 2.75) is 53.4 Å². The van der Waals surface area contributed by atoms with E-state index in [0.29, 0.717) is 32.6 Å². The summed E-state index contributed by atoms with van der Waals surface area (Å²) in [5.74, 6) is 0.250. The summed E-state index contributed by atoms with van der Waals surface area (Å²) < 4.78 is 0. The number of hydrogen-bond acceptors (Lipinski definition) is 2. The molecule has 0 aromatic heterocycles. The van der Waals surface area contributed by atoms with Gasteiger partial charge in [0.05, 0.1) is 6.42 Å². The summed E-state index contributed by atoms with van der Waals surface area (Å²) >= 11 is 0. The average molecular weight is 330 g/mol. The zero-order chi connectivity index (χ0) is 18.1. The van der Waals surface area contributed by atoms with Gasteiger partial charge < -0.3 is 9.80 Å². The summed E-state index contributed by atoms with van der Waals surface area (Å²) in [6, 6.07) is 4.42. The highest BCUT2D eigenvalue weighted by Crippen LogP contribution is 2.27. The largest absolute Gasteiger partial charge is 0.339 e. The van der Waals surface area contributed by atoms with Crippen molar-refractivity contribution < 1.29 is 9.59 Å². The van der Waals surface area contributed by atoms with Crippen molar-refractivity contribution in [1.29, 1.82) is 0 Å². The summed E-state index contributed by atoms with van der Waals surface area (Å²) in [7, 11) is 0. The van der Waals surface area contributed by atoms with Gasteiger partial charge in [0.15, 0.2) is 0 Å². The zero-order valence-corrected chi connectivity index (χ0v) is 15.9. The quantitative estimate of drug-likeness (QED) is 0.836. The molecule has 0 spiro atoms. The molecular formula is C20H30N2O2. The Morgan fingerprint density at radius 3 is 1.83 bits per heavy atom. The van der Waals surface area contributed by atoms with Crippen LogP contribution in [0.3, 0.4) is 0 Å². The monoisotopic (exact) mass is 330 g/mol. The minimum atomic E-state index is 0.0894. The van der Waals surface area contributed by atoms with Gasteiger partial charge in [-0.1, -0.05) is 32.9 Å². The molecule has 1 fully saturated rings. The third-order valence-corrected chi connectivity index (χ3v) is 4.97. The van der Waals surface area contributed by atoms with Gasteiger partial charge in [-0.05, 0) is 41.5 Å². The maximum Gasteiger partial charge on any atom is 0.227 e. The summed E-state index contributed by atoms with van der Waals surface area (Å²) in [5.41, 5.74) is 4.94. The number of rotatable bonds is 2. The summed E-state index contributed by atoms with van der Waals surface area (Å²) in [6.07, 6.45) is 0.447. The molecule has 0 unspecified atom stereocenters. The van der Waals surface area contributed by atoms with E-state index in [9.17, 15) is 9.59 Å². The number of carbonyl (C=O) groups is 2. The molecule has 4 heteroatoms. The van der Waals surface area contributed by atoms with Crippen LogP contribution >= 0.6 is 0 Å². The first kappa shape index (κ1) is 18.5. The SMILES string of the molecule is CC(=O)N1CCN(C(=O)Cc2c(C)cc(C(C)(C)C)cc2C)CC1. The van der Waals surface area contributed by atoms with E-state index in [1.54, 1.807) is 11.8 Å². The van der Waals surface area contributed by atoms with Crippen LogP contribution in [0, 0.1) is 13.8 Å². The van der Waals surface area contributed by atoms with E-state index in [0.717, 1.165) is 5.56 Å². The van der Waals surface area contributed by atoms with Gasteiger partial charge in [-0.2, -0.15) is 0 Å². The van der Waals surface area contributed by atoms with E-state index >= 15 is 0 Å². The molecule has 0 aliphatic carbocycles. The van der Waals surface area contributed by atoms with Crippen molar-refractivity contribution in [2.24, 2.45) is 0 Å². The predicted octanol–water partition coefficient (Wildman–Crippen LogP) is 2.83. The average Bonchev–Trinajstić information content (AvgIpc) is 2.49. The molecule has 0 bridgehead atoms. The van der Waals surface area contributed by atoms with Gasteiger partial charge in [0.25, 0.3) is 0 Å². The Hall–Kier alpha value is -1.84. The van der Waals surface area contributed by atoms with Crippen LogP contribution in [0.15, 0.2) is 12.1 Å². The van der Waals surface area contributed by atoms with E-state index in [2.05, 4.69) is 46.8 Å². The van der Waals surface area contributed by atoms with Gasteiger partial charge >= 0.3 is 0 Å². The number of hydrogen-bond donors (Lipinski definition) is 0. The first-order valence-electron chi connectivity index (χ1n) is 8.73. The highest BCUT2D eigenvalue weighted by Gasteiger charge is 2.24. The molecule has 24 heavy (non-hydrogen) atoms. The topological polar surface area (TPSA) is 40.6 Å². The Kier molecular flexibility index (Phi) is 5.36. The lowest BCUT2D eigenvalue weighted by molar-refractivity contribution is -0.138. The fourth-order valence-electron chi connectivity index (χ4n) is 3.24. The Labute approximate surface area is 145 Å². The molecule has 0 radical (unpaired) electrons. The van der Waals surface area contributed by atoms with Gasteiger partial charge in [-0.3, -0.25) is 9.59 Å². The van der Waals surface area contributed by atoms with Crippen LogP contribution in [-0.2, 0) is 21.4 Å². The van der Waals surface area contributed by atoms with E-state index in [1.165, 1.54) is 16.7 Å². The minimum absolute atomic E-state index is 0.0894. The maximum atomic E-state index is 12.7. The lowest BCUT2D eigenvalue weighted by atomic mass is 9.83. The Balaban J connectivity index is 2.09. The summed E-state index contributed by atoms with van der Waals surface area (Å²) in [4.78, 5) is 27.7. The predicted molar refractivity (Wildman–Crippen MR) is 97.2 cm³/mol. The van der Waals surface area contributed by atoms with E-state index in [4.69, 9.17) is 0 Å². The van der Waals surface area contributed by atoms with Crippen LogP contribution in [0.2, 0.25) is 0 Å². The van der Waals surface area contributed by atoms with E-state index in [-0.39, 0.29) is 17.2 Å². The fourth-order valence-corrected chi connectivity index (χ4v) is 3.24. The van der Waals surface area contributed by atoms with Crippen LogP contribution < -0.4 is 0 Å². The first-order chi connectivity index (χ1) is 11.1. The molecule has 132 valence electrons. The minimum Gasteiger partial charge on any atom is -0.339 e. The second kappa shape index (κ2) is 6.96. The molecule has 4 nitrogen and oxygen atoms in total. The Bertz CT molecular complexity index is 613. The van der Waals surface area contributed by atoms with Crippen molar-refractivity contribution in [3.8, 4) is 0 Å². The molecule has 0 atom stereocenters. The van der Waals surface area contributed by atoms with Gasteiger partial charge in [0.1, 0.15) is 0 Å². The third-order valence-electron chi connectivity index (χ3n) is 4.97. The maximum absolute atomic E-state index is 12.7. The van der Waals surface area contributed by atoms with Crippen molar-refractivity contribution in [3.05, 3.63) is 34.4 Å². The van der Waals surface area contributed by atoms with E-state index in [1.807, 2.05) is 4.90 Å². The molecule has 1 aromatic carbocycles. The molecule has 1 saturated heterocycles. The van der Waals surface area contributed by atoms with Crippen LogP contribution in [0.1, 0.15) is 49.9 Å². The lowest BCUT2D eigenvalue weighted by Gasteiger charge is -2.34. The van der Waals surface area contributed by atoms with Crippen molar-refractivity contribution >= 4 is 11.8 Å². The van der Waals surface area contributed by atoms with E-state index < -0.39 is 0 Å². The normalized spacial score (nSPS) is 15.6. The first-order valence-corrected chi connectivity index (χ1v) is 8.73. The number of benzene rings is 1. The molecule has 1 heterocycles. The van der Waals surface area contributed by atoms with Gasteiger partial charge in [-0.15, -0.1) is 0 Å². The molecule has 0 N–H and O–H groups in total. The Morgan fingerprint density at radius 1 is 0.958 bits per heavy atom. The zero-order valence-electron chi connectivity index (χ0n) is 15.9. The number of amides is 2. The van der Waals surface area contributed by atoms with Crippen LogP contribution in [0.5, 0.6) is 0 Å². The summed E-state index contributed by atoms with van der Waals surface area (Å²) in [5, 5.41) is 0. The van der Waals surface area contributed by atoms with Crippen molar-refractivity contribution in [3.63, 3.8) is 0 Å². The number of carbonyl (C=O) groups excluding carboxylic acids is 2. The number of nitrogens with zero attached hydrogens (tertiary/aromatic N) is 2. The second-order valence-electron chi connectivity index (χ2n) is 7.90. The number of aryl methyl sites for hydroxylation is 2. The molecule has 0 saturated carbocycles. The molecule has 2 amide bonds. The van der Waals surface area contributed by atoms with Crippen LogP contribution in [-0.4, -0.2) is 47.8 Å². The Morgan fingerprint density at radius 2 is 1.42 bits per heavy atom. The van der Waals surface area contributed by atoms with Crippen LogP contribution in [0.25, 0.3) is 0 Å². The highest BCUT2D eigenvalue weighted by molar-refractivity contribution is 5.80. The standard InChI is InChI=1S/C20H30N2O2/c1-14-11-17(20(4,5)6)12-15(2)18(14)13-19(24)22-9-7-21(8-10-22)16(3)23/h11-12H,7-10,13H2,1-6H3. The second-order valence-corrected chi connectivity index (χ2v) is 7.90. The van der Waals surface area contributed by atoms with Gasteiger partial charge in [0.2, 0.25) is 11.8 Å². The molecular weight excluding hydrogens is 300 g/mol. The molecule has 1 aliphatic heterocycles. The highest BCUT2D eigenvalue weighted by atomic mass is 16.2. The lowest BCUT2D eigenvalue weighted by Crippen LogP contribution is -2.50. The molecule has 1 aromatic rings. The summed E-state index contributed by atoms with van der Waals surface area (Å²) in [6.45, 7) is 15.0.